The number of imidazole rings is 1. The van der Waals surface area contributed by atoms with Crippen molar-refractivity contribution in [3.8, 4) is 0 Å². The lowest BCUT2D eigenvalue weighted by molar-refractivity contribution is 1.11. The van der Waals surface area contributed by atoms with Gasteiger partial charge < -0.3 is 10.3 Å². The van der Waals surface area contributed by atoms with Crippen LogP contribution in [-0.2, 0) is 0 Å². The summed E-state index contributed by atoms with van der Waals surface area (Å²) in [5, 5.41) is 3.99. The molecular formula is C14H14ClN5S. The first-order chi connectivity index (χ1) is 10.1. The molecule has 2 heterocycles. The van der Waals surface area contributed by atoms with Crippen molar-refractivity contribution in [2.24, 2.45) is 0 Å². The van der Waals surface area contributed by atoms with Crippen LogP contribution in [0.25, 0.3) is 11.2 Å². The van der Waals surface area contributed by atoms with Gasteiger partial charge in [-0.3, -0.25) is 0 Å². The Balaban J connectivity index is 2.01. The number of anilines is 2. The maximum absolute atomic E-state index is 5.96. The molecule has 0 fully saturated rings. The number of H-pyrrole nitrogens is 1. The van der Waals surface area contributed by atoms with Crippen molar-refractivity contribution < 1.29 is 0 Å². The Morgan fingerprint density at radius 3 is 2.86 bits per heavy atom. The van der Waals surface area contributed by atoms with E-state index >= 15 is 0 Å². The molecule has 0 saturated carbocycles. The number of hydrogen-bond donors (Lipinski definition) is 2. The zero-order chi connectivity index (χ0) is 14.8. The van der Waals surface area contributed by atoms with Gasteiger partial charge in [0.2, 0.25) is 5.28 Å². The van der Waals surface area contributed by atoms with Gasteiger partial charge in [0, 0.05) is 10.1 Å². The zero-order valence-corrected chi connectivity index (χ0v) is 13.2. The molecule has 108 valence electrons. The van der Waals surface area contributed by atoms with Gasteiger partial charge >= 0.3 is 0 Å². The maximum Gasteiger partial charge on any atom is 0.226 e. The second kappa shape index (κ2) is 5.91. The second-order valence-corrected chi connectivity index (χ2v) is 6.69. The van der Waals surface area contributed by atoms with E-state index in [1.54, 1.807) is 18.1 Å². The van der Waals surface area contributed by atoms with E-state index in [0.717, 1.165) is 10.6 Å². The molecule has 0 aliphatic heterocycles. The molecule has 2 aromatic heterocycles. The second-order valence-electron chi connectivity index (χ2n) is 4.73. The van der Waals surface area contributed by atoms with Gasteiger partial charge in [0.05, 0.1) is 12.0 Å². The van der Waals surface area contributed by atoms with Crippen LogP contribution >= 0.6 is 23.4 Å². The van der Waals surface area contributed by atoms with Gasteiger partial charge in [-0.2, -0.15) is 9.97 Å². The normalized spacial score (nSPS) is 11.2. The number of fused-ring (bicyclic) bond motifs is 1. The molecule has 0 aliphatic carbocycles. The van der Waals surface area contributed by atoms with Crippen LogP contribution in [0.2, 0.25) is 5.28 Å². The summed E-state index contributed by atoms with van der Waals surface area (Å²) < 4.78 is 0. The highest BCUT2D eigenvalue weighted by atomic mass is 35.5. The Bertz CT molecular complexity index is 771. The Labute approximate surface area is 131 Å². The van der Waals surface area contributed by atoms with Crippen molar-refractivity contribution >= 4 is 46.0 Å². The topological polar surface area (TPSA) is 66.5 Å². The number of thioether (sulfide) groups is 1. The van der Waals surface area contributed by atoms with Crippen LogP contribution in [0.15, 0.2) is 35.5 Å². The molecule has 3 rings (SSSR count). The van der Waals surface area contributed by atoms with E-state index in [4.69, 9.17) is 11.6 Å². The predicted molar refractivity (Wildman–Crippen MR) is 87.4 cm³/mol. The minimum absolute atomic E-state index is 0.184. The highest BCUT2D eigenvalue weighted by Gasteiger charge is 2.11. The minimum Gasteiger partial charge on any atom is -0.337 e. The van der Waals surface area contributed by atoms with E-state index in [9.17, 15) is 0 Å². The number of benzene rings is 1. The number of para-hydroxylation sites is 1. The largest absolute Gasteiger partial charge is 0.337 e. The fourth-order valence-corrected chi connectivity index (χ4v) is 3.03. The Morgan fingerprint density at radius 1 is 1.24 bits per heavy atom. The molecule has 21 heavy (non-hydrogen) atoms. The van der Waals surface area contributed by atoms with E-state index in [-0.39, 0.29) is 5.28 Å². The van der Waals surface area contributed by atoms with Gasteiger partial charge in [-0.05, 0) is 23.7 Å². The summed E-state index contributed by atoms with van der Waals surface area (Å²) in [7, 11) is 0. The summed E-state index contributed by atoms with van der Waals surface area (Å²) in [5.74, 6) is 0.600. The molecular weight excluding hydrogens is 306 g/mol. The van der Waals surface area contributed by atoms with Crippen LogP contribution in [0.5, 0.6) is 0 Å². The lowest BCUT2D eigenvalue weighted by atomic mass is 10.3. The van der Waals surface area contributed by atoms with Crippen LogP contribution in [0.3, 0.4) is 0 Å². The first-order valence-electron chi connectivity index (χ1n) is 6.53. The third kappa shape index (κ3) is 3.11. The van der Waals surface area contributed by atoms with Crippen molar-refractivity contribution in [1.82, 2.24) is 19.9 Å². The van der Waals surface area contributed by atoms with Gasteiger partial charge in [-0.1, -0.05) is 26.0 Å². The van der Waals surface area contributed by atoms with Crippen LogP contribution < -0.4 is 5.32 Å². The lowest BCUT2D eigenvalue weighted by Gasteiger charge is -2.13. The smallest absolute Gasteiger partial charge is 0.226 e. The van der Waals surface area contributed by atoms with Crippen molar-refractivity contribution in [3.05, 3.63) is 35.9 Å². The Morgan fingerprint density at radius 2 is 2.05 bits per heavy atom. The number of aromatic amines is 1. The van der Waals surface area contributed by atoms with Crippen molar-refractivity contribution in [2.75, 3.05) is 5.32 Å². The minimum atomic E-state index is 0.184. The molecule has 0 saturated heterocycles. The average molecular weight is 320 g/mol. The van der Waals surface area contributed by atoms with Gasteiger partial charge in [-0.15, -0.1) is 11.8 Å². The standard InChI is InChI=1S/C14H14ClN5S/c1-8(2)21-10-6-4-3-5-9(10)18-13-11-12(17-7-16-11)19-14(15)20-13/h3-8H,1-2H3,(H2,16,17,18,19,20). The first kappa shape index (κ1) is 14.2. The van der Waals surface area contributed by atoms with Crippen molar-refractivity contribution in [2.45, 2.75) is 24.0 Å². The number of rotatable bonds is 4. The molecule has 1 aromatic carbocycles. The summed E-state index contributed by atoms with van der Waals surface area (Å²) in [5.41, 5.74) is 2.27. The number of aromatic nitrogens is 4. The van der Waals surface area contributed by atoms with Gasteiger partial charge in [-0.25, -0.2) is 4.98 Å². The fourth-order valence-electron chi connectivity index (χ4n) is 1.95. The SMILES string of the molecule is CC(C)Sc1ccccc1Nc1nc(Cl)nc2[nH]cnc12. The molecule has 3 aromatic rings. The molecule has 2 N–H and O–H groups in total. The van der Waals surface area contributed by atoms with Crippen molar-refractivity contribution in [1.29, 1.82) is 0 Å². The van der Waals surface area contributed by atoms with Crippen LogP contribution in [0, 0.1) is 0 Å². The van der Waals surface area contributed by atoms with Gasteiger partial charge in [0.15, 0.2) is 17.0 Å². The monoisotopic (exact) mass is 319 g/mol. The molecule has 0 atom stereocenters. The van der Waals surface area contributed by atoms with Crippen LogP contribution in [-0.4, -0.2) is 25.2 Å². The van der Waals surface area contributed by atoms with Crippen LogP contribution in [0.4, 0.5) is 11.5 Å². The van der Waals surface area contributed by atoms with Crippen LogP contribution in [0.1, 0.15) is 13.8 Å². The maximum atomic E-state index is 5.96. The molecule has 0 aliphatic rings. The van der Waals surface area contributed by atoms with E-state index in [1.807, 2.05) is 18.2 Å². The molecule has 0 spiro atoms. The predicted octanol–water partition coefficient (Wildman–Crippen LogP) is 4.25. The third-order valence-electron chi connectivity index (χ3n) is 2.75. The molecule has 0 bridgehead atoms. The highest BCUT2D eigenvalue weighted by molar-refractivity contribution is 8.00. The zero-order valence-electron chi connectivity index (χ0n) is 11.6. The summed E-state index contributed by atoms with van der Waals surface area (Å²) in [6.07, 6.45) is 1.58. The molecule has 7 heteroatoms. The average Bonchev–Trinajstić information content (AvgIpc) is 2.88. The Hall–Kier alpha value is -1.79. The number of hydrogen-bond acceptors (Lipinski definition) is 5. The summed E-state index contributed by atoms with van der Waals surface area (Å²) in [6, 6.07) is 8.10. The third-order valence-corrected chi connectivity index (χ3v) is 4.00. The molecule has 0 unspecified atom stereocenters. The summed E-state index contributed by atoms with van der Waals surface area (Å²) in [6.45, 7) is 4.32. The lowest BCUT2D eigenvalue weighted by Crippen LogP contribution is -1.99. The van der Waals surface area contributed by atoms with E-state index in [1.165, 1.54) is 0 Å². The summed E-state index contributed by atoms with van der Waals surface area (Å²) in [4.78, 5) is 16.7. The highest BCUT2D eigenvalue weighted by Crippen LogP contribution is 2.33. The number of halogens is 1. The fraction of sp³-hybridized carbons (Fsp3) is 0.214. The molecule has 0 amide bonds. The van der Waals surface area contributed by atoms with Crippen molar-refractivity contribution in [3.63, 3.8) is 0 Å². The van der Waals surface area contributed by atoms with Gasteiger partial charge in [0.25, 0.3) is 0 Å². The molecule has 0 radical (unpaired) electrons. The molecule has 5 nitrogen and oxygen atoms in total. The van der Waals surface area contributed by atoms with E-state index in [2.05, 4.69) is 45.2 Å². The number of nitrogens with zero attached hydrogens (tertiary/aromatic N) is 3. The number of nitrogens with one attached hydrogen (secondary N) is 2. The summed E-state index contributed by atoms with van der Waals surface area (Å²) >= 11 is 7.74. The van der Waals surface area contributed by atoms with Gasteiger partial charge in [0.1, 0.15) is 0 Å². The van der Waals surface area contributed by atoms with E-state index in [0.29, 0.717) is 22.2 Å². The van der Waals surface area contributed by atoms with E-state index < -0.39 is 0 Å². The quantitative estimate of drug-likeness (QED) is 0.556. The Kier molecular flexibility index (Phi) is 3.98. The first-order valence-corrected chi connectivity index (χ1v) is 7.78.